The van der Waals surface area contributed by atoms with Crippen molar-refractivity contribution in [3.8, 4) is 11.3 Å². The van der Waals surface area contributed by atoms with Crippen LogP contribution in [0.3, 0.4) is 0 Å². The van der Waals surface area contributed by atoms with E-state index in [1.807, 2.05) is 24.3 Å². The normalized spacial score (nSPS) is 18.4. The molecular weight excluding hydrogens is 438 g/mol. The minimum atomic E-state index is -0.138. The van der Waals surface area contributed by atoms with E-state index in [9.17, 15) is 4.79 Å². The van der Waals surface area contributed by atoms with Crippen molar-refractivity contribution in [1.82, 2.24) is 15.2 Å². The molecule has 0 unspecified atom stereocenters. The van der Waals surface area contributed by atoms with E-state index in [2.05, 4.69) is 46.6 Å². The van der Waals surface area contributed by atoms with Crippen LogP contribution in [-0.2, 0) is 16.0 Å². The number of nitrogens with zero attached hydrogens (tertiary/aromatic N) is 2. The summed E-state index contributed by atoms with van der Waals surface area (Å²) in [7, 11) is 0. The smallest absolute Gasteiger partial charge is 0.263 e. The maximum Gasteiger partial charge on any atom is 0.263 e. The maximum absolute atomic E-state index is 12.1. The molecular formula is C25H23N3O2S2. The molecule has 2 aromatic carbocycles. The molecule has 0 spiro atoms. The lowest BCUT2D eigenvalue weighted by molar-refractivity contribution is -0.115. The molecule has 7 heteroatoms. The van der Waals surface area contributed by atoms with Crippen molar-refractivity contribution >= 4 is 51.2 Å². The number of aromatic nitrogens is 1. The predicted molar refractivity (Wildman–Crippen MR) is 134 cm³/mol. The molecule has 0 bridgehead atoms. The van der Waals surface area contributed by atoms with Crippen LogP contribution in [0.5, 0.6) is 0 Å². The molecule has 32 heavy (non-hydrogen) atoms. The third kappa shape index (κ3) is 4.76. The van der Waals surface area contributed by atoms with E-state index in [0.29, 0.717) is 9.23 Å². The maximum atomic E-state index is 12.1. The van der Waals surface area contributed by atoms with Gasteiger partial charge in [0, 0.05) is 30.6 Å². The van der Waals surface area contributed by atoms with Crippen LogP contribution >= 0.6 is 24.0 Å². The highest BCUT2D eigenvalue weighted by molar-refractivity contribution is 8.26. The second-order valence-electron chi connectivity index (χ2n) is 7.87. The van der Waals surface area contributed by atoms with E-state index in [1.54, 1.807) is 0 Å². The van der Waals surface area contributed by atoms with Crippen LogP contribution in [-0.4, -0.2) is 53.0 Å². The molecule has 1 aromatic heterocycles. The van der Waals surface area contributed by atoms with Crippen LogP contribution in [0.1, 0.15) is 11.1 Å². The van der Waals surface area contributed by atoms with Crippen molar-refractivity contribution in [2.45, 2.75) is 6.42 Å². The van der Waals surface area contributed by atoms with E-state index >= 15 is 0 Å². The number of pyridine rings is 1. The van der Waals surface area contributed by atoms with E-state index < -0.39 is 0 Å². The third-order valence-corrected chi connectivity index (χ3v) is 6.87. The Morgan fingerprint density at radius 3 is 2.78 bits per heavy atom. The lowest BCUT2D eigenvalue weighted by Crippen LogP contribution is -2.37. The van der Waals surface area contributed by atoms with Crippen LogP contribution in [0.4, 0.5) is 0 Å². The molecule has 2 fully saturated rings. The van der Waals surface area contributed by atoms with Gasteiger partial charge >= 0.3 is 0 Å². The second-order valence-corrected chi connectivity index (χ2v) is 9.59. The van der Waals surface area contributed by atoms with E-state index in [1.165, 1.54) is 17.3 Å². The zero-order chi connectivity index (χ0) is 21.9. The first-order chi connectivity index (χ1) is 15.7. The summed E-state index contributed by atoms with van der Waals surface area (Å²) >= 11 is 6.40. The van der Waals surface area contributed by atoms with Gasteiger partial charge in [0.25, 0.3) is 5.91 Å². The van der Waals surface area contributed by atoms with Crippen molar-refractivity contribution in [2.75, 3.05) is 32.8 Å². The van der Waals surface area contributed by atoms with Gasteiger partial charge in [0.2, 0.25) is 0 Å². The van der Waals surface area contributed by atoms with Crippen molar-refractivity contribution in [2.24, 2.45) is 0 Å². The number of amides is 1. The average Bonchev–Trinajstić information content (AvgIpc) is 3.14. The fourth-order valence-corrected chi connectivity index (χ4v) is 5.10. The van der Waals surface area contributed by atoms with Crippen molar-refractivity contribution in [1.29, 1.82) is 0 Å². The Morgan fingerprint density at radius 1 is 1.12 bits per heavy atom. The monoisotopic (exact) mass is 461 g/mol. The molecule has 5 nitrogen and oxygen atoms in total. The number of para-hydroxylation sites is 1. The molecule has 0 atom stereocenters. The Balaban J connectivity index is 1.50. The molecule has 0 saturated carbocycles. The number of ether oxygens (including phenoxy) is 1. The summed E-state index contributed by atoms with van der Waals surface area (Å²) in [6.45, 7) is 4.53. The van der Waals surface area contributed by atoms with Gasteiger partial charge in [-0.3, -0.25) is 9.69 Å². The molecule has 5 rings (SSSR count). The summed E-state index contributed by atoms with van der Waals surface area (Å²) in [6.07, 6.45) is 2.81. The van der Waals surface area contributed by atoms with Crippen LogP contribution in [0.15, 0.2) is 59.5 Å². The van der Waals surface area contributed by atoms with Crippen molar-refractivity contribution in [3.05, 3.63) is 70.6 Å². The molecule has 1 amide bonds. The van der Waals surface area contributed by atoms with Gasteiger partial charge in [-0.2, -0.15) is 0 Å². The number of thiocarbonyl (C=S) groups is 1. The van der Waals surface area contributed by atoms with Crippen LogP contribution < -0.4 is 5.32 Å². The largest absolute Gasteiger partial charge is 0.379 e. The summed E-state index contributed by atoms with van der Waals surface area (Å²) in [5.74, 6) is -0.138. The van der Waals surface area contributed by atoms with Gasteiger partial charge in [0.05, 0.1) is 29.3 Å². The Bertz CT molecular complexity index is 1220. The standard InChI is InChI=1S/C25H23N3O2S2/c29-24-22(32-25(31)27-24)15-17-4-3-6-19(14-17)23-20(8-9-28-10-12-30-13-11-28)16-18-5-1-2-7-21(18)26-23/h1-7,14-16H,8-13H2,(H,27,29,31)/b22-15-. The van der Waals surface area contributed by atoms with Crippen LogP contribution in [0.2, 0.25) is 0 Å². The number of morpholine rings is 1. The lowest BCUT2D eigenvalue weighted by atomic mass is 9.99. The van der Waals surface area contributed by atoms with Gasteiger partial charge in [-0.15, -0.1) is 0 Å². The first kappa shape index (κ1) is 21.3. The van der Waals surface area contributed by atoms with Gasteiger partial charge < -0.3 is 10.1 Å². The number of benzene rings is 2. The Kier molecular flexibility index (Phi) is 6.32. The number of thioether (sulfide) groups is 1. The highest BCUT2D eigenvalue weighted by Crippen LogP contribution is 2.30. The van der Waals surface area contributed by atoms with Crippen molar-refractivity contribution < 1.29 is 9.53 Å². The van der Waals surface area contributed by atoms with Gasteiger partial charge in [-0.1, -0.05) is 60.4 Å². The quantitative estimate of drug-likeness (QED) is 0.453. The number of nitrogens with one attached hydrogen (secondary N) is 1. The zero-order valence-corrected chi connectivity index (χ0v) is 19.2. The summed E-state index contributed by atoms with van der Waals surface area (Å²) in [6, 6.07) is 18.7. The third-order valence-electron chi connectivity index (χ3n) is 5.70. The number of carbonyl (C=O) groups excluding carboxylic acids is 1. The molecule has 162 valence electrons. The number of fused-ring (bicyclic) bond motifs is 1. The first-order valence-corrected chi connectivity index (χ1v) is 11.9. The molecule has 2 saturated heterocycles. The molecule has 2 aliphatic rings. The topological polar surface area (TPSA) is 54.5 Å². The lowest BCUT2D eigenvalue weighted by Gasteiger charge is -2.26. The molecule has 0 aliphatic carbocycles. The van der Waals surface area contributed by atoms with Crippen molar-refractivity contribution in [3.63, 3.8) is 0 Å². The molecule has 2 aliphatic heterocycles. The second kappa shape index (κ2) is 9.50. The zero-order valence-electron chi connectivity index (χ0n) is 17.5. The van der Waals surface area contributed by atoms with Gasteiger partial charge in [-0.05, 0) is 41.8 Å². The van der Waals surface area contributed by atoms with E-state index in [0.717, 1.165) is 67.0 Å². The number of hydrogen-bond donors (Lipinski definition) is 1. The average molecular weight is 462 g/mol. The fraction of sp³-hybridized carbons (Fsp3) is 0.240. The van der Waals surface area contributed by atoms with Gasteiger partial charge in [-0.25, -0.2) is 4.98 Å². The minimum Gasteiger partial charge on any atom is -0.379 e. The fourth-order valence-electron chi connectivity index (χ4n) is 4.05. The molecule has 1 N–H and O–H groups in total. The Labute approximate surface area is 196 Å². The van der Waals surface area contributed by atoms with Crippen LogP contribution in [0.25, 0.3) is 28.2 Å². The van der Waals surface area contributed by atoms with Crippen LogP contribution in [0, 0.1) is 0 Å². The van der Waals surface area contributed by atoms with E-state index in [4.69, 9.17) is 21.9 Å². The summed E-state index contributed by atoms with van der Waals surface area (Å²) < 4.78 is 5.99. The summed E-state index contributed by atoms with van der Waals surface area (Å²) in [4.78, 5) is 20.2. The SMILES string of the molecule is O=C1NC(=S)S/C1=C\c1cccc(-c2nc3ccccc3cc2CCN2CCOCC2)c1. The van der Waals surface area contributed by atoms with Gasteiger partial charge in [0.1, 0.15) is 4.32 Å². The number of carbonyl (C=O) groups is 1. The molecule has 3 heterocycles. The number of hydrogen-bond acceptors (Lipinski definition) is 6. The minimum absolute atomic E-state index is 0.138. The van der Waals surface area contributed by atoms with Gasteiger partial charge in [0.15, 0.2) is 0 Å². The molecule has 0 radical (unpaired) electrons. The number of rotatable bonds is 5. The van der Waals surface area contributed by atoms with E-state index in [-0.39, 0.29) is 5.91 Å². The first-order valence-electron chi connectivity index (χ1n) is 10.7. The Morgan fingerprint density at radius 2 is 1.97 bits per heavy atom. The Hall–Kier alpha value is -2.58. The highest BCUT2D eigenvalue weighted by atomic mass is 32.2. The molecule has 3 aromatic rings. The summed E-state index contributed by atoms with van der Waals surface area (Å²) in [5, 5.41) is 3.82. The highest BCUT2D eigenvalue weighted by Gasteiger charge is 2.22. The predicted octanol–water partition coefficient (Wildman–Crippen LogP) is 4.27. The summed E-state index contributed by atoms with van der Waals surface area (Å²) in [5.41, 5.74) is 5.22.